The molecule has 80 valence electrons. The second-order valence-electron chi connectivity index (χ2n) is 4.04. The topological polar surface area (TPSA) is 32.3 Å². The lowest BCUT2D eigenvalue weighted by atomic mass is 10.1. The van der Waals surface area contributed by atoms with E-state index in [9.17, 15) is 4.79 Å². The maximum absolute atomic E-state index is 11.5. The summed E-state index contributed by atoms with van der Waals surface area (Å²) < 4.78 is 0. The van der Waals surface area contributed by atoms with Crippen LogP contribution in [0.4, 0.5) is 0 Å². The molecule has 1 aliphatic heterocycles. The van der Waals surface area contributed by atoms with Gasteiger partial charge in [0.15, 0.2) is 0 Å². The molecule has 0 aliphatic carbocycles. The number of likely N-dealkylation sites (N-methyl/N-ethyl adjacent to an activating group) is 1. The first-order valence-corrected chi connectivity index (χ1v) is 5.28. The quantitative estimate of drug-likeness (QED) is 0.745. The van der Waals surface area contributed by atoms with E-state index in [1.165, 1.54) is 5.56 Å². The Balaban J connectivity index is 2.16. The van der Waals surface area contributed by atoms with E-state index in [4.69, 9.17) is 0 Å². The predicted octanol–water partition coefficient (Wildman–Crippen LogP) is 1.18. The smallest absolute Gasteiger partial charge is 0.221 e. The minimum absolute atomic E-state index is 0.131. The van der Waals surface area contributed by atoms with E-state index in [1.54, 1.807) is 0 Å². The first kappa shape index (κ1) is 10.2. The molecule has 1 aliphatic rings. The van der Waals surface area contributed by atoms with E-state index in [0.29, 0.717) is 6.42 Å². The van der Waals surface area contributed by atoms with Crippen LogP contribution in [0.2, 0.25) is 0 Å². The zero-order valence-corrected chi connectivity index (χ0v) is 8.94. The van der Waals surface area contributed by atoms with E-state index in [-0.39, 0.29) is 11.9 Å². The molecule has 15 heavy (non-hydrogen) atoms. The van der Waals surface area contributed by atoms with Crippen LogP contribution >= 0.6 is 0 Å². The Morgan fingerprint density at radius 1 is 1.33 bits per heavy atom. The van der Waals surface area contributed by atoms with Crippen molar-refractivity contribution >= 4 is 5.91 Å². The fourth-order valence-corrected chi connectivity index (χ4v) is 1.88. The van der Waals surface area contributed by atoms with Gasteiger partial charge in [-0.25, -0.2) is 0 Å². The monoisotopic (exact) mass is 204 g/mol. The van der Waals surface area contributed by atoms with Gasteiger partial charge >= 0.3 is 0 Å². The molecule has 1 atom stereocenters. The molecule has 0 saturated carbocycles. The molecular weight excluding hydrogens is 188 g/mol. The van der Waals surface area contributed by atoms with Crippen molar-refractivity contribution in [2.75, 3.05) is 20.1 Å². The average molecular weight is 204 g/mol. The molecule has 0 bridgehead atoms. The van der Waals surface area contributed by atoms with Gasteiger partial charge < -0.3 is 10.2 Å². The van der Waals surface area contributed by atoms with E-state index >= 15 is 0 Å². The normalized spacial score (nSPS) is 23.3. The number of carbonyl (C=O) groups is 1. The van der Waals surface area contributed by atoms with Crippen LogP contribution in [0.25, 0.3) is 0 Å². The van der Waals surface area contributed by atoms with Crippen LogP contribution in [0.15, 0.2) is 30.3 Å². The molecule has 1 aromatic rings. The summed E-state index contributed by atoms with van der Waals surface area (Å²) in [6.07, 6.45) is 0.597. The maximum Gasteiger partial charge on any atom is 0.221 e. The summed E-state index contributed by atoms with van der Waals surface area (Å²) in [4.78, 5) is 13.7. The lowest BCUT2D eigenvalue weighted by molar-refractivity contribution is -0.121. The SMILES string of the molecule is CN1CCC(=O)NC(c2ccccc2)C1. The molecule has 3 nitrogen and oxygen atoms in total. The van der Waals surface area contributed by atoms with Gasteiger partial charge in [0.2, 0.25) is 5.91 Å². The van der Waals surface area contributed by atoms with Crippen molar-refractivity contribution in [3.05, 3.63) is 35.9 Å². The summed E-state index contributed by atoms with van der Waals surface area (Å²) in [5.41, 5.74) is 1.18. The number of nitrogens with one attached hydrogen (secondary N) is 1. The molecule has 1 amide bonds. The van der Waals surface area contributed by atoms with E-state index in [2.05, 4.69) is 29.4 Å². The third-order valence-electron chi connectivity index (χ3n) is 2.75. The van der Waals surface area contributed by atoms with Crippen molar-refractivity contribution in [2.45, 2.75) is 12.5 Å². The van der Waals surface area contributed by atoms with Gasteiger partial charge in [0, 0.05) is 19.5 Å². The standard InChI is InChI=1S/C12H16N2O/c1-14-8-7-12(15)13-11(9-14)10-5-3-2-4-6-10/h2-6,11H,7-9H2,1H3,(H,13,15). The Labute approximate surface area is 90.1 Å². The highest BCUT2D eigenvalue weighted by Crippen LogP contribution is 2.15. The summed E-state index contributed by atoms with van der Waals surface area (Å²) >= 11 is 0. The summed E-state index contributed by atoms with van der Waals surface area (Å²) in [6, 6.07) is 10.3. The molecule has 2 rings (SSSR count). The van der Waals surface area contributed by atoms with Gasteiger partial charge in [-0.3, -0.25) is 4.79 Å². The van der Waals surface area contributed by atoms with Gasteiger partial charge in [0.1, 0.15) is 0 Å². The molecule has 0 aromatic heterocycles. The van der Waals surface area contributed by atoms with E-state index < -0.39 is 0 Å². The number of hydrogen-bond donors (Lipinski definition) is 1. The lowest BCUT2D eigenvalue weighted by Gasteiger charge is -2.20. The summed E-state index contributed by atoms with van der Waals surface area (Å²) in [6.45, 7) is 1.73. The summed E-state index contributed by atoms with van der Waals surface area (Å²) in [5.74, 6) is 0.146. The van der Waals surface area contributed by atoms with E-state index in [1.807, 2.05) is 18.2 Å². The van der Waals surface area contributed by atoms with Crippen molar-refractivity contribution in [3.63, 3.8) is 0 Å². The molecule has 0 radical (unpaired) electrons. The van der Waals surface area contributed by atoms with Gasteiger partial charge in [-0.2, -0.15) is 0 Å². The van der Waals surface area contributed by atoms with Crippen LogP contribution in [0.5, 0.6) is 0 Å². The summed E-state index contributed by atoms with van der Waals surface area (Å²) in [7, 11) is 2.05. The third kappa shape index (κ3) is 2.57. The van der Waals surface area contributed by atoms with Crippen LogP contribution in [0.3, 0.4) is 0 Å². The van der Waals surface area contributed by atoms with Gasteiger partial charge in [-0.1, -0.05) is 30.3 Å². The van der Waals surface area contributed by atoms with Gasteiger partial charge in [-0.15, -0.1) is 0 Å². The molecule has 1 aromatic carbocycles. The fourth-order valence-electron chi connectivity index (χ4n) is 1.88. The van der Waals surface area contributed by atoms with Crippen LogP contribution in [0.1, 0.15) is 18.0 Å². The van der Waals surface area contributed by atoms with Gasteiger partial charge in [0.25, 0.3) is 0 Å². The largest absolute Gasteiger partial charge is 0.348 e. The van der Waals surface area contributed by atoms with Crippen LogP contribution in [0, 0.1) is 0 Å². The number of nitrogens with zero attached hydrogens (tertiary/aromatic N) is 1. The molecule has 1 saturated heterocycles. The van der Waals surface area contributed by atoms with Crippen LogP contribution in [-0.2, 0) is 4.79 Å². The Hall–Kier alpha value is -1.35. The lowest BCUT2D eigenvalue weighted by Crippen LogP contribution is -2.30. The fraction of sp³-hybridized carbons (Fsp3) is 0.417. The average Bonchev–Trinajstić information content (AvgIpc) is 2.42. The number of rotatable bonds is 1. The highest BCUT2D eigenvalue weighted by Gasteiger charge is 2.20. The first-order chi connectivity index (χ1) is 7.25. The number of carbonyl (C=O) groups excluding carboxylic acids is 1. The highest BCUT2D eigenvalue weighted by atomic mass is 16.1. The van der Waals surface area contributed by atoms with Crippen molar-refractivity contribution in [2.24, 2.45) is 0 Å². The predicted molar refractivity (Wildman–Crippen MR) is 59.4 cm³/mol. The van der Waals surface area contributed by atoms with Crippen LogP contribution in [-0.4, -0.2) is 30.9 Å². The Bertz CT molecular complexity index is 337. The third-order valence-corrected chi connectivity index (χ3v) is 2.75. The number of hydrogen-bond acceptors (Lipinski definition) is 2. The Morgan fingerprint density at radius 3 is 2.80 bits per heavy atom. The zero-order valence-electron chi connectivity index (χ0n) is 8.94. The molecule has 3 heteroatoms. The highest BCUT2D eigenvalue weighted by molar-refractivity contribution is 5.77. The second-order valence-corrected chi connectivity index (χ2v) is 4.04. The minimum atomic E-state index is 0.131. The van der Waals surface area contributed by atoms with Gasteiger partial charge in [-0.05, 0) is 12.6 Å². The number of amides is 1. The molecule has 0 spiro atoms. The molecule has 1 heterocycles. The van der Waals surface area contributed by atoms with Crippen molar-refractivity contribution in [1.29, 1.82) is 0 Å². The maximum atomic E-state index is 11.5. The van der Waals surface area contributed by atoms with Crippen LogP contribution < -0.4 is 5.32 Å². The zero-order chi connectivity index (χ0) is 10.7. The Morgan fingerprint density at radius 2 is 2.07 bits per heavy atom. The minimum Gasteiger partial charge on any atom is -0.348 e. The molecule has 1 fully saturated rings. The first-order valence-electron chi connectivity index (χ1n) is 5.28. The van der Waals surface area contributed by atoms with E-state index in [0.717, 1.165) is 13.1 Å². The van der Waals surface area contributed by atoms with Crippen molar-refractivity contribution in [1.82, 2.24) is 10.2 Å². The Kier molecular flexibility index (Phi) is 3.02. The van der Waals surface area contributed by atoms with Crippen molar-refractivity contribution < 1.29 is 4.79 Å². The van der Waals surface area contributed by atoms with Crippen molar-refractivity contribution in [3.8, 4) is 0 Å². The van der Waals surface area contributed by atoms with Gasteiger partial charge in [0.05, 0.1) is 6.04 Å². The second kappa shape index (κ2) is 4.45. The molecule has 1 N–H and O–H groups in total. The number of benzene rings is 1. The summed E-state index contributed by atoms with van der Waals surface area (Å²) in [5, 5.41) is 3.04. The molecular formula is C12H16N2O. The molecule has 1 unspecified atom stereocenters.